The predicted molar refractivity (Wildman–Crippen MR) is 92.4 cm³/mol. The van der Waals surface area contributed by atoms with Gasteiger partial charge in [0.05, 0.1) is 0 Å². The molecule has 128 valence electrons. The van der Waals surface area contributed by atoms with Gasteiger partial charge >= 0.3 is 10.1 Å². The van der Waals surface area contributed by atoms with E-state index in [1.165, 1.54) is 19.1 Å². The molecule has 2 aromatic carbocycles. The van der Waals surface area contributed by atoms with Crippen LogP contribution in [0.25, 0.3) is 0 Å². The average Bonchev–Trinajstić information content (AvgIpc) is 2.46. The van der Waals surface area contributed by atoms with Crippen LogP contribution in [0.1, 0.15) is 25.0 Å². The van der Waals surface area contributed by atoms with Crippen LogP contribution >= 0.6 is 0 Å². The van der Waals surface area contributed by atoms with Gasteiger partial charge in [0.1, 0.15) is 10.6 Å². The maximum atomic E-state index is 12.3. The van der Waals surface area contributed by atoms with Crippen LogP contribution in [0.15, 0.2) is 53.4 Å². The van der Waals surface area contributed by atoms with Gasteiger partial charge < -0.3 is 9.50 Å². The van der Waals surface area contributed by atoms with E-state index in [0.717, 1.165) is 11.1 Å². The van der Waals surface area contributed by atoms with Crippen molar-refractivity contribution in [3.8, 4) is 5.75 Å². The topological polar surface area (TPSA) is 72.5 Å². The molecule has 2 aromatic rings. The molecule has 0 aliphatic carbocycles. The van der Waals surface area contributed by atoms with Gasteiger partial charge in [0.2, 0.25) is 5.91 Å². The standard InChI is InChI=1S/C18H21NO4S/c1-13-7-9-18(10-8-13)24(21,22)23-17-6-4-5-16(12-17)11-14(2)19-15(3)20/h4-10,12,14H,11H2,1-3H3,(H,19,20). The molecule has 0 bridgehead atoms. The van der Waals surface area contributed by atoms with Crippen molar-refractivity contribution in [1.29, 1.82) is 0 Å². The van der Waals surface area contributed by atoms with Crippen LogP contribution in [-0.4, -0.2) is 20.4 Å². The van der Waals surface area contributed by atoms with Crippen molar-refractivity contribution >= 4 is 16.0 Å². The largest absolute Gasteiger partial charge is 0.379 e. The van der Waals surface area contributed by atoms with E-state index >= 15 is 0 Å². The zero-order chi connectivity index (χ0) is 17.7. The van der Waals surface area contributed by atoms with E-state index in [0.29, 0.717) is 6.42 Å². The Hall–Kier alpha value is -2.34. The second-order valence-electron chi connectivity index (χ2n) is 5.80. The van der Waals surface area contributed by atoms with Crippen molar-refractivity contribution in [2.75, 3.05) is 0 Å². The molecule has 0 spiro atoms. The molecule has 0 aliphatic rings. The average molecular weight is 347 g/mol. The van der Waals surface area contributed by atoms with E-state index in [1.54, 1.807) is 30.3 Å². The van der Waals surface area contributed by atoms with Gasteiger partial charge in [0.25, 0.3) is 0 Å². The summed E-state index contributed by atoms with van der Waals surface area (Å²) in [7, 11) is -3.86. The summed E-state index contributed by atoms with van der Waals surface area (Å²) in [5, 5.41) is 2.79. The molecule has 0 saturated heterocycles. The molecule has 1 atom stereocenters. The second kappa shape index (κ2) is 7.49. The number of nitrogens with one attached hydrogen (secondary N) is 1. The summed E-state index contributed by atoms with van der Waals surface area (Å²) < 4.78 is 29.8. The first-order valence-electron chi connectivity index (χ1n) is 7.63. The van der Waals surface area contributed by atoms with E-state index in [4.69, 9.17) is 4.18 Å². The van der Waals surface area contributed by atoms with Crippen molar-refractivity contribution in [1.82, 2.24) is 5.32 Å². The molecule has 2 rings (SSSR count). The highest BCUT2D eigenvalue weighted by Crippen LogP contribution is 2.20. The van der Waals surface area contributed by atoms with Gasteiger partial charge in [0, 0.05) is 13.0 Å². The summed E-state index contributed by atoms with van der Waals surface area (Å²) in [5.41, 5.74) is 1.86. The van der Waals surface area contributed by atoms with Crippen LogP contribution in [0, 0.1) is 6.92 Å². The first-order chi connectivity index (χ1) is 11.3. The first-order valence-corrected chi connectivity index (χ1v) is 9.04. The Bertz CT molecular complexity index is 813. The number of aryl methyl sites for hydroxylation is 1. The molecule has 5 nitrogen and oxygen atoms in total. The van der Waals surface area contributed by atoms with Crippen LogP contribution in [0.3, 0.4) is 0 Å². The maximum Gasteiger partial charge on any atom is 0.339 e. The fraction of sp³-hybridized carbons (Fsp3) is 0.278. The summed E-state index contributed by atoms with van der Waals surface area (Å²) in [5.74, 6) is 0.153. The molecule has 0 aliphatic heterocycles. The molecule has 1 unspecified atom stereocenters. The summed E-state index contributed by atoms with van der Waals surface area (Å²) in [6.07, 6.45) is 0.585. The number of hydrogen-bond donors (Lipinski definition) is 1. The van der Waals surface area contributed by atoms with Gasteiger partial charge in [-0.25, -0.2) is 0 Å². The monoisotopic (exact) mass is 347 g/mol. The number of carbonyl (C=O) groups excluding carboxylic acids is 1. The van der Waals surface area contributed by atoms with Crippen LogP contribution in [0.4, 0.5) is 0 Å². The van der Waals surface area contributed by atoms with Gasteiger partial charge in [-0.2, -0.15) is 8.42 Å². The Morgan fingerprint density at radius 3 is 2.46 bits per heavy atom. The lowest BCUT2D eigenvalue weighted by Crippen LogP contribution is -2.32. The summed E-state index contributed by atoms with van der Waals surface area (Å²) in [6, 6.07) is 13.3. The minimum absolute atomic E-state index is 0.0496. The molecule has 6 heteroatoms. The number of hydrogen-bond acceptors (Lipinski definition) is 4. The quantitative estimate of drug-likeness (QED) is 0.816. The van der Waals surface area contributed by atoms with Crippen molar-refractivity contribution < 1.29 is 17.4 Å². The third-order valence-corrected chi connectivity index (χ3v) is 4.67. The van der Waals surface area contributed by atoms with E-state index in [9.17, 15) is 13.2 Å². The second-order valence-corrected chi connectivity index (χ2v) is 7.35. The molecule has 24 heavy (non-hydrogen) atoms. The summed E-state index contributed by atoms with van der Waals surface area (Å²) in [4.78, 5) is 11.2. The fourth-order valence-electron chi connectivity index (χ4n) is 2.36. The van der Waals surface area contributed by atoms with Crippen molar-refractivity contribution in [2.24, 2.45) is 0 Å². The van der Waals surface area contributed by atoms with E-state index < -0.39 is 10.1 Å². The number of rotatable bonds is 6. The Labute approximate surface area is 142 Å². The zero-order valence-corrected chi connectivity index (χ0v) is 14.8. The van der Waals surface area contributed by atoms with Crippen LogP contribution in [0.2, 0.25) is 0 Å². The first kappa shape index (κ1) is 18.0. The molecular formula is C18H21NO4S. The smallest absolute Gasteiger partial charge is 0.339 e. The lowest BCUT2D eigenvalue weighted by Gasteiger charge is -2.13. The molecule has 0 heterocycles. The maximum absolute atomic E-state index is 12.3. The molecule has 0 fully saturated rings. The van der Waals surface area contributed by atoms with Crippen molar-refractivity contribution in [3.63, 3.8) is 0 Å². The van der Waals surface area contributed by atoms with Crippen molar-refractivity contribution in [2.45, 2.75) is 38.1 Å². The number of carbonyl (C=O) groups is 1. The third-order valence-electron chi connectivity index (χ3n) is 3.41. The Kier molecular flexibility index (Phi) is 5.62. The van der Waals surface area contributed by atoms with Gasteiger partial charge in [-0.3, -0.25) is 4.79 Å². The van der Waals surface area contributed by atoms with Gasteiger partial charge in [-0.05, 0) is 50.1 Å². The van der Waals surface area contributed by atoms with E-state index in [2.05, 4.69) is 5.32 Å². The van der Waals surface area contributed by atoms with Gasteiger partial charge in [-0.15, -0.1) is 0 Å². The van der Waals surface area contributed by atoms with E-state index in [-0.39, 0.29) is 22.6 Å². The van der Waals surface area contributed by atoms with E-state index in [1.807, 2.05) is 19.9 Å². The minimum atomic E-state index is -3.86. The molecule has 0 radical (unpaired) electrons. The lowest BCUT2D eigenvalue weighted by atomic mass is 10.1. The van der Waals surface area contributed by atoms with Crippen LogP contribution in [-0.2, 0) is 21.3 Å². The molecule has 0 aromatic heterocycles. The van der Waals surface area contributed by atoms with Crippen LogP contribution in [0.5, 0.6) is 5.75 Å². The highest BCUT2D eigenvalue weighted by Gasteiger charge is 2.16. The molecular weight excluding hydrogens is 326 g/mol. The Morgan fingerprint density at radius 1 is 1.17 bits per heavy atom. The van der Waals surface area contributed by atoms with Crippen LogP contribution < -0.4 is 9.50 Å². The highest BCUT2D eigenvalue weighted by molar-refractivity contribution is 7.87. The molecule has 0 saturated carbocycles. The minimum Gasteiger partial charge on any atom is -0.379 e. The number of amides is 1. The highest BCUT2D eigenvalue weighted by atomic mass is 32.2. The molecule has 1 amide bonds. The summed E-state index contributed by atoms with van der Waals surface area (Å²) in [6.45, 7) is 5.24. The predicted octanol–water partition coefficient (Wildman–Crippen LogP) is 2.83. The van der Waals surface area contributed by atoms with Gasteiger partial charge in [0.15, 0.2) is 0 Å². The van der Waals surface area contributed by atoms with Gasteiger partial charge in [-0.1, -0.05) is 29.8 Å². The molecule has 1 N–H and O–H groups in total. The Morgan fingerprint density at radius 2 is 1.83 bits per heavy atom. The fourth-order valence-corrected chi connectivity index (χ4v) is 3.28. The SMILES string of the molecule is CC(=O)NC(C)Cc1cccc(OS(=O)(=O)c2ccc(C)cc2)c1. The summed E-state index contributed by atoms with van der Waals surface area (Å²) >= 11 is 0. The normalized spacial score (nSPS) is 12.5. The zero-order valence-electron chi connectivity index (χ0n) is 13.9. The van der Waals surface area contributed by atoms with Crippen molar-refractivity contribution in [3.05, 3.63) is 59.7 Å². The Balaban J connectivity index is 2.14. The number of benzene rings is 2. The third kappa shape index (κ3) is 5.09. The lowest BCUT2D eigenvalue weighted by molar-refractivity contribution is -0.119.